The van der Waals surface area contributed by atoms with Crippen molar-refractivity contribution in [2.24, 2.45) is 0 Å². The summed E-state index contributed by atoms with van der Waals surface area (Å²) in [6, 6.07) is 6.37. The highest BCUT2D eigenvalue weighted by Crippen LogP contribution is 2.50. The van der Waals surface area contributed by atoms with Crippen LogP contribution >= 0.6 is 0 Å². The Hall–Kier alpha value is -3.88. The van der Waals surface area contributed by atoms with Crippen LogP contribution in [0.25, 0.3) is 11.1 Å². The third-order valence-corrected chi connectivity index (χ3v) is 11.2. The molecule has 2 saturated heterocycles. The van der Waals surface area contributed by atoms with Crippen LogP contribution < -0.4 is 30.3 Å². The van der Waals surface area contributed by atoms with Gasteiger partial charge in [0.1, 0.15) is 0 Å². The number of fused-ring (bicyclic) bond motifs is 3. The molecule has 0 spiro atoms. The average molecular weight is 672 g/mol. The van der Waals surface area contributed by atoms with Gasteiger partial charge in [-0.25, -0.2) is 0 Å². The normalized spacial score (nSPS) is 19.0. The molecule has 1 atom stereocenters. The highest BCUT2D eigenvalue weighted by Gasteiger charge is 2.34. The van der Waals surface area contributed by atoms with Gasteiger partial charge in [0.05, 0.1) is 39.6 Å². The molecule has 2 aromatic rings. The molecule has 2 aliphatic heterocycles. The molecule has 2 amide bonds. The summed E-state index contributed by atoms with van der Waals surface area (Å²) in [4.78, 5) is 40.6. The zero-order valence-corrected chi connectivity index (χ0v) is 28.4. The van der Waals surface area contributed by atoms with Gasteiger partial charge in [0.15, 0.2) is 11.5 Å². The Morgan fingerprint density at radius 1 is 0.872 bits per heavy atom. The van der Waals surface area contributed by atoms with Gasteiger partial charge in [0.25, 0.3) is 10.2 Å². The average Bonchev–Trinajstić information content (AvgIpc) is 3.49. The van der Waals surface area contributed by atoms with Crippen molar-refractivity contribution in [2.75, 3.05) is 72.5 Å². The van der Waals surface area contributed by atoms with Crippen LogP contribution in [0.4, 0.5) is 5.69 Å². The molecule has 2 fully saturated rings. The molecule has 2 heterocycles. The molecule has 47 heavy (non-hydrogen) atoms. The fraction of sp³-hybridized carbons (Fsp3) is 0.545. The van der Waals surface area contributed by atoms with E-state index < -0.39 is 16.3 Å². The Morgan fingerprint density at radius 3 is 2.15 bits per heavy atom. The van der Waals surface area contributed by atoms with E-state index in [1.165, 1.54) is 31.5 Å². The third kappa shape index (κ3) is 7.34. The quantitative estimate of drug-likeness (QED) is 0.411. The number of methoxy groups -OCH3 is 3. The Kier molecular flexibility index (Phi) is 10.9. The van der Waals surface area contributed by atoms with Crippen LogP contribution in [-0.2, 0) is 26.2 Å². The predicted molar refractivity (Wildman–Crippen MR) is 178 cm³/mol. The highest BCUT2D eigenvalue weighted by molar-refractivity contribution is 7.86. The monoisotopic (exact) mass is 671 g/mol. The van der Waals surface area contributed by atoms with Gasteiger partial charge in [-0.05, 0) is 60.6 Å². The summed E-state index contributed by atoms with van der Waals surface area (Å²) in [6.45, 7) is 3.37. The molecule has 2 N–H and O–H groups in total. The molecule has 14 heteroatoms. The van der Waals surface area contributed by atoms with Gasteiger partial charge in [-0.2, -0.15) is 17.0 Å². The maximum Gasteiger partial charge on any atom is 0.282 e. The van der Waals surface area contributed by atoms with Crippen molar-refractivity contribution < 1.29 is 32.2 Å². The summed E-state index contributed by atoms with van der Waals surface area (Å²) in [7, 11) is 1.06. The number of aryl methyl sites for hydroxylation is 1. The largest absolute Gasteiger partial charge is 0.493 e. The molecule has 256 valence electrons. The SMILES string of the molecule is COc1cc2c(c(OC)c1OC)-c1ccc(NCC(=O)N3CCN(S(=O)(=O)N4CCCCCC4)CC3)c(=O)cc1[C@@H](NC(C)=O)CC2. The minimum absolute atomic E-state index is 0.136. The van der Waals surface area contributed by atoms with E-state index in [0.717, 1.165) is 36.8 Å². The first-order valence-electron chi connectivity index (χ1n) is 16.1. The van der Waals surface area contributed by atoms with Crippen molar-refractivity contribution in [3.8, 4) is 28.4 Å². The molecule has 13 nitrogen and oxygen atoms in total. The number of nitrogens with zero attached hydrogens (tertiary/aromatic N) is 3. The lowest BCUT2D eigenvalue weighted by Crippen LogP contribution is -2.55. The number of hydrogen-bond donors (Lipinski definition) is 2. The summed E-state index contributed by atoms with van der Waals surface area (Å²) in [5, 5.41) is 6.00. The van der Waals surface area contributed by atoms with Crippen LogP contribution in [0.1, 0.15) is 56.2 Å². The fourth-order valence-electron chi connectivity index (χ4n) is 6.74. The lowest BCUT2D eigenvalue weighted by Gasteiger charge is -2.36. The number of carbonyl (C=O) groups excluding carboxylic acids is 2. The molecular formula is C33H45N5O8S. The van der Waals surface area contributed by atoms with Gasteiger partial charge >= 0.3 is 0 Å². The number of carbonyl (C=O) groups is 2. The molecule has 2 aromatic carbocycles. The molecule has 0 saturated carbocycles. The fourth-order valence-corrected chi connectivity index (χ4v) is 8.41. The number of ether oxygens (including phenoxy) is 3. The van der Waals surface area contributed by atoms with Crippen LogP contribution in [0.5, 0.6) is 17.2 Å². The number of benzene rings is 1. The second-order valence-electron chi connectivity index (χ2n) is 12.1. The zero-order chi connectivity index (χ0) is 33.7. The van der Waals surface area contributed by atoms with Crippen molar-refractivity contribution in [3.05, 3.63) is 45.6 Å². The molecular weight excluding hydrogens is 626 g/mol. The molecule has 1 aliphatic carbocycles. The number of hydrogen-bond acceptors (Lipinski definition) is 9. The van der Waals surface area contributed by atoms with E-state index in [4.69, 9.17) is 14.2 Å². The van der Waals surface area contributed by atoms with Gasteiger partial charge in [-0.1, -0.05) is 18.9 Å². The number of nitrogens with one attached hydrogen (secondary N) is 2. The van der Waals surface area contributed by atoms with Crippen LogP contribution in [0.3, 0.4) is 0 Å². The van der Waals surface area contributed by atoms with Crippen molar-refractivity contribution in [2.45, 2.75) is 51.5 Å². The first kappa shape index (κ1) is 34.5. The predicted octanol–water partition coefficient (Wildman–Crippen LogP) is 2.54. The molecule has 0 radical (unpaired) electrons. The van der Waals surface area contributed by atoms with Gasteiger partial charge in [0.2, 0.25) is 23.0 Å². The van der Waals surface area contributed by atoms with Crippen LogP contribution in [0.2, 0.25) is 0 Å². The smallest absolute Gasteiger partial charge is 0.282 e. The van der Waals surface area contributed by atoms with E-state index in [9.17, 15) is 22.8 Å². The molecule has 0 unspecified atom stereocenters. The van der Waals surface area contributed by atoms with Crippen LogP contribution in [-0.4, -0.2) is 101 Å². The van der Waals surface area contributed by atoms with Gasteiger partial charge in [-0.15, -0.1) is 0 Å². The second-order valence-corrected chi connectivity index (χ2v) is 14.0. The van der Waals surface area contributed by atoms with Crippen molar-refractivity contribution in [3.63, 3.8) is 0 Å². The standard InChI is InChI=1S/C33H45N5O8S/c1-22(39)35-26-11-9-23-19-29(44-2)32(45-3)33(46-4)31(23)24-10-12-27(28(40)20-25(24)26)34-21-30(41)36-15-17-38(18-16-36)47(42,43)37-13-7-5-6-8-14-37/h10,12,19-20,26H,5-9,11,13-18,21H2,1-4H3,(H,34,40)(H,35,39)/t26-/m0/s1. The van der Waals surface area contributed by atoms with Crippen molar-refractivity contribution in [1.29, 1.82) is 0 Å². The summed E-state index contributed by atoms with van der Waals surface area (Å²) < 4.78 is 46.5. The summed E-state index contributed by atoms with van der Waals surface area (Å²) in [6.07, 6.45) is 4.91. The van der Waals surface area contributed by atoms with Gasteiger partial charge in [-0.3, -0.25) is 14.4 Å². The third-order valence-electron chi connectivity index (χ3n) is 9.16. The lowest BCUT2D eigenvalue weighted by atomic mass is 9.95. The van der Waals surface area contributed by atoms with E-state index in [1.54, 1.807) is 28.4 Å². The van der Waals surface area contributed by atoms with E-state index in [1.807, 2.05) is 6.07 Å². The molecule has 0 bridgehead atoms. The number of amides is 2. The minimum atomic E-state index is -3.56. The van der Waals surface area contributed by atoms with E-state index in [0.29, 0.717) is 54.3 Å². The molecule has 5 rings (SSSR count). The van der Waals surface area contributed by atoms with E-state index >= 15 is 0 Å². The maximum absolute atomic E-state index is 13.6. The number of rotatable bonds is 9. The van der Waals surface area contributed by atoms with Crippen molar-refractivity contribution in [1.82, 2.24) is 18.8 Å². The Labute approximate surface area is 276 Å². The van der Waals surface area contributed by atoms with Gasteiger partial charge < -0.3 is 29.7 Å². The van der Waals surface area contributed by atoms with Gasteiger partial charge in [0, 0.05) is 51.8 Å². The zero-order valence-electron chi connectivity index (χ0n) is 27.6. The number of piperazine rings is 1. The topological polar surface area (TPSA) is 147 Å². The minimum Gasteiger partial charge on any atom is -0.493 e. The highest BCUT2D eigenvalue weighted by atomic mass is 32.2. The maximum atomic E-state index is 13.6. The number of anilines is 1. The first-order chi connectivity index (χ1) is 22.6. The summed E-state index contributed by atoms with van der Waals surface area (Å²) >= 11 is 0. The Balaban J connectivity index is 1.37. The van der Waals surface area contributed by atoms with Crippen LogP contribution in [0.15, 0.2) is 29.1 Å². The Bertz CT molecular complexity index is 1650. The van der Waals surface area contributed by atoms with E-state index in [2.05, 4.69) is 10.6 Å². The second kappa shape index (κ2) is 14.9. The lowest BCUT2D eigenvalue weighted by molar-refractivity contribution is -0.130. The summed E-state index contributed by atoms with van der Waals surface area (Å²) in [5.41, 5.74) is 2.83. The van der Waals surface area contributed by atoms with Crippen molar-refractivity contribution >= 4 is 27.7 Å². The van der Waals surface area contributed by atoms with Crippen LogP contribution in [0, 0.1) is 0 Å². The first-order valence-corrected chi connectivity index (χ1v) is 17.5. The molecule has 0 aromatic heterocycles. The van der Waals surface area contributed by atoms with E-state index in [-0.39, 0.29) is 55.7 Å². The Morgan fingerprint density at radius 2 is 1.53 bits per heavy atom. The molecule has 3 aliphatic rings. The summed E-state index contributed by atoms with van der Waals surface area (Å²) in [5.74, 6) is 0.913.